The Balaban J connectivity index is 2.32. The number of carbonyl (C=O) groups excluding carboxylic acids is 2. The highest BCUT2D eigenvalue weighted by Crippen LogP contribution is 2.24. The maximum atomic E-state index is 13.3. The van der Waals surface area contributed by atoms with Gasteiger partial charge >= 0.3 is 0 Å². The molecule has 0 saturated carbocycles. The van der Waals surface area contributed by atoms with Crippen LogP contribution >= 0.6 is 0 Å². The molecule has 0 bridgehead atoms. The molecule has 138 valence electrons. The number of amides is 1. The molecular weight excluding hydrogens is 322 g/mol. The van der Waals surface area contributed by atoms with Gasteiger partial charge in [0.1, 0.15) is 5.54 Å². The molecule has 3 nitrogen and oxygen atoms in total. The average Bonchev–Trinajstić information content (AvgIpc) is 2.64. The zero-order chi connectivity index (χ0) is 19.3. The van der Waals surface area contributed by atoms with Gasteiger partial charge in [0.25, 0.3) is 5.91 Å². The number of hydrogen-bond donors (Lipinski definition) is 1. The van der Waals surface area contributed by atoms with Crippen LogP contribution in [0, 0.1) is 13.8 Å². The third-order valence-corrected chi connectivity index (χ3v) is 5.10. The van der Waals surface area contributed by atoms with E-state index in [1.54, 1.807) is 0 Å². The van der Waals surface area contributed by atoms with Crippen molar-refractivity contribution < 1.29 is 9.59 Å². The van der Waals surface area contributed by atoms with Crippen molar-refractivity contribution in [1.82, 2.24) is 5.32 Å². The topological polar surface area (TPSA) is 46.2 Å². The first-order chi connectivity index (χ1) is 12.3. The molecule has 0 aromatic heterocycles. The summed E-state index contributed by atoms with van der Waals surface area (Å²) < 4.78 is 0. The van der Waals surface area contributed by atoms with E-state index in [2.05, 4.69) is 12.2 Å². The fourth-order valence-electron chi connectivity index (χ4n) is 3.37. The van der Waals surface area contributed by atoms with Crippen molar-refractivity contribution in [3.8, 4) is 0 Å². The van der Waals surface area contributed by atoms with Crippen molar-refractivity contribution in [3.63, 3.8) is 0 Å². The Morgan fingerprint density at radius 1 is 0.846 bits per heavy atom. The molecular formula is C23H29NO2. The van der Waals surface area contributed by atoms with Crippen LogP contribution in [-0.2, 0) is 6.42 Å². The zero-order valence-corrected chi connectivity index (χ0v) is 16.5. The molecule has 0 radical (unpaired) electrons. The lowest BCUT2D eigenvalue weighted by molar-refractivity contribution is 0.0753. The van der Waals surface area contributed by atoms with Gasteiger partial charge in [-0.25, -0.2) is 0 Å². The van der Waals surface area contributed by atoms with E-state index < -0.39 is 5.54 Å². The van der Waals surface area contributed by atoms with E-state index in [4.69, 9.17) is 0 Å². The minimum absolute atomic E-state index is 0.0205. The highest BCUT2D eigenvalue weighted by molar-refractivity contribution is 6.07. The van der Waals surface area contributed by atoms with E-state index in [1.807, 2.05) is 70.2 Å². The first-order valence-corrected chi connectivity index (χ1v) is 9.39. The van der Waals surface area contributed by atoms with Crippen molar-refractivity contribution in [1.29, 1.82) is 0 Å². The molecule has 0 aliphatic rings. The van der Waals surface area contributed by atoms with Gasteiger partial charge in [0.15, 0.2) is 5.78 Å². The predicted octanol–water partition coefficient (Wildman–Crippen LogP) is 5.04. The molecule has 0 heterocycles. The van der Waals surface area contributed by atoms with E-state index in [-0.39, 0.29) is 11.7 Å². The highest BCUT2D eigenvalue weighted by atomic mass is 16.2. The van der Waals surface area contributed by atoms with Gasteiger partial charge in [-0.05, 0) is 62.9 Å². The molecule has 3 heteroatoms. The maximum Gasteiger partial charge on any atom is 0.252 e. The molecule has 0 saturated heterocycles. The van der Waals surface area contributed by atoms with Gasteiger partial charge in [-0.3, -0.25) is 9.59 Å². The smallest absolute Gasteiger partial charge is 0.252 e. The molecule has 2 aromatic rings. The third kappa shape index (κ3) is 4.21. The van der Waals surface area contributed by atoms with Crippen LogP contribution in [0.15, 0.2) is 42.5 Å². The van der Waals surface area contributed by atoms with Gasteiger partial charge in [0.05, 0.1) is 0 Å². The molecule has 26 heavy (non-hydrogen) atoms. The van der Waals surface area contributed by atoms with Crippen LogP contribution in [0.4, 0.5) is 0 Å². The Morgan fingerprint density at radius 3 is 1.85 bits per heavy atom. The summed E-state index contributed by atoms with van der Waals surface area (Å²) >= 11 is 0. The SMILES string of the molecule is CCc1ccc(C(=O)NC(CC)(CC)C(=O)c2cc(C)cc(C)c2)cc1. The summed E-state index contributed by atoms with van der Waals surface area (Å²) in [6.07, 6.45) is 2.03. The zero-order valence-electron chi connectivity index (χ0n) is 16.5. The second-order valence-electron chi connectivity index (χ2n) is 7.00. The molecule has 2 aromatic carbocycles. The number of carbonyl (C=O) groups is 2. The van der Waals surface area contributed by atoms with Crippen LogP contribution in [0.3, 0.4) is 0 Å². The summed E-state index contributed by atoms with van der Waals surface area (Å²) in [7, 11) is 0. The number of benzene rings is 2. The van der Waals surface area contributed by atoms with Crippen molar-refractivity contribution in [2.24, 2.45) is 0 Å². The standard InChI is InChI=1S/C23H29NO2/c1-6-18-9-11-19(12-10-18)22(26)24-23(7-2,8-3)21(25)20-14-16(4)13-17(5)15-20/h9-15H,6-8H2,1-5H3,(H,24,26). The summed E-state index contributed by atoms with van der Waals surface area (Å²) in [6, 6.07) is 13.4. The van der Waals surface area contributed by atoms with Crippen molar-refractivity contribution in [3.05, 3.63) is 70.3 Å². The molecule has 1 amide bonds. The molecule has 0 atom stereocenters. The van der Waals surface area contributed by atoms with E-state index >= 15 is 0 Å². The lowest BCUT2D eigenvalue weighted by Gasteiger charge is -2.31. The van der Waals surface area contributed by atoms with E-state index in [0.717, 1.165) is 17.5 Å². The van der Waals surface area contributed by atoms with Crippen molar-refractivity contribution in [2.45, 2.75) is 59.4 Å². The first kappa shape index (κ1) is 19.9. The van der Waals surface area contributed by atoms with E-state index in [1.165, 1.54) is 5.56 Å². The number of Topliss-reactive ketones (excluding diaryl/α,β-unsaturated/α-hetero) is 1. The molecule has 0 aliphatic carbocycles. The quantitative estimate of drug-likeness (QED) is 0.711. The number of aryl methyl sites for hydroxylation is 3. The number of rotatable bonds is 7. The monoisotopic (exact) mass is 351 g/mol. The van der Waals surface area contributed by atoms with Gasteiger partial charge in [-0.15, -0.1) is 0 Å². The van der Waals surface area contributed by atoms with Crippen LogP contribution in [0.25, 0.3) is 0 Å². The summed E-state index contributed by atoms with van der Waals surface area (Å²) in [6.45, 7) is 9.94. The van der Waals surface area contributed by atoms with E-state index in [0.29, 0.717) is 24.0 Å². The minimum Gasteiger partial charge on any atom is -0.339 e. The Morgan fingerprint density at radius 2 is 1.38 bits per heavy atom. The average molecular weight is 351 g/mol. The summed E-state index contributed by atoms with van der Waals surface area (Å²) in [5.74, 6) is -0.220. The Kier molecular flexibility index (Phi) is 6.36. The Labute approximate surface area is 156 Å². The summed E-state index contributed by atoms with van der Waals surface area (Å²) in [5, 5.41) is 3.03. The second kappa shape index (κ2) is 8.31. The molecule has 0 aliphatic heterocycles. The van der Waals surface area contributed by atoms with Crippen molar-refractivity contribution in [2.75, 3.05) is 0 Å². The molecule has 0 fully saturated rings. The number of nitrogens with one attached hydrogen (secondary N) is 1. The van der Waals surface area contributed by atoms with Crippen molar-refractivity contribution >= 4 is 11.7 Å². The molecule has 0 unspecified atom stereocenters. The lowest BCUT2D eigenvalue weighted by Crippen LogP contribution is -2.53. The fraction of sp³-hybridized carbons (Fsp3) is 0.391. The fourth-order valence-corrected chi connectivity index (χ4v) is 3.37. The van der Waals surface area contributed by atoms with Gasteiger partial charge < -0.3 is 5.32 Å². The maximum absolute atomic E-state index is 13.3. The third-order valence-electron chi connectivity index (χ3n) is 5.10. The van der Waals surface area contributed by atoms with Crippen LogP contribution < -0.4 is 5.32 Å². The first-order valence-electron chi connectivity index (χ1n) is 9.39. The van der Waals surface area contributed by atoms with Crippen LogP contribution in [-0.4, -0.2) is 17.2 Å². The lowest BCUT2D eigenvalue weighted by atomic mass is 9.83. The van der Waals surface area contributed by atoms with Crippen LogP contribution in [0.2, 0.25) is 0 Å². The van der Waals surface area contributed by atoms with Crippen LogP contribution in [0.5, 0.6) is 0 Å². The Hall–Kier alpha value is -2.42. The highest BCUT2D eigenvalue weighted by Gasteiger charge is 2.37. The van der Waals surface area contributed by atoms with Gasteiger partial charge in [-0.2, -0.15) is 0 Å². The predicted molar refractivity (Wildman–Crippen MR) is 107 cm³/mol. The molecule has 1 N–H and O–H groups in total. The van der Waals surface area contributed by atoms with Gasteiger partial charge in [0.2, 0.25) is 0 Å². The van der Waals surface area contributed by atoms with E-state index in [9.17, 15) is 9.59 Å². The minimum atomic E-state index is -0.888. The van der Waals surface area contributed by atoms with Gasteiger partial charge in [-0.1, -0.05) is 50.1 Å². The molecule has 2 rings (SSSR count). The largest absolute Gasteiger partial charge is 0.339 e. The number of ketones is 1. The Bertz CT molecular complexity index is 766. The second-order valence-corrected chi connectivity index (χ2v) is 7.00. The molecule has 0 spiro atoms. The summed E-state index contributed by atoms with van der Waals surface area (Å²) in [4.78, 5) is 26.1. The summed E-state index contributed by atoms with van der Waals surface area (Å²) in [5.41, 5.74) is 3.65. The van der Waals surface area contributed by atoms with Gasteiger partial charge in [0, 0.05) is 11.1 Å². The van der Waals surface area contributed by atoms with Crippen LogP contribution in [0.1, 0.15) is 71.0 Å². The number of hydrogen-bond acceptors (Lipinski definition) is 2. The normalized spacial score (nSPS) is 11.3.